The number of carbonyl (C=O) groups is 2. The Balaban J connectivity index is 2.69. The molecule has 0 heterocycles. The number of Topliss-reactive ketones (excluding diaryl/α,β-unsaturated/α-hetero) is 1. The van der Waals surface area contributed by atoms with Crippen molar-refractivity contribution in [2.45, 2.75) is 19.8 Å². The zero-order valence-electron chi connectivity index (χ0n) is 10.1. The second kappa shape index (κ2) is 6.40. The molecule has 0 aromatic heterocycles. The molecule has 3 nitrogen and oxygen atoms in total. The zero-order chi connectivity index (χ0) is 12.8. The van der Waals surface area contributed by atoms with Crippen LogP contribution in [0.4, 0.5) is 0 Å². The average Bonchev–Trinajstić information content (AvgIpc) is 2.35. The summed E-state index contributed by atoms with van der Waals surface area (Å²) in [4.78, 5) is 25.1. The number of hydrogen-bond acceptors (Lipinski definition) is 2. The van der Waals surface area contributed by atoms with Crippen LogP contribution in [0, 0.1) is 0 Å². The first-order valence-corrected chi connectivity index (χ1v) is 5.99. The monoisotopic (exact) mass is 253 g/mol. The summed E-state index contributed by atoms with van der Waals surface area (Å²) >= 11 is 5.72. The molecule has 0 fully saturated rings. The van der Waals surface area contributed by atoms with Crippen molar-refractivity contribution in [3.8, 4) is 0 Å². The van der Waals surface area contributed by atoms with Gasteiger partial charge in [-0.15, -0.1) is 0 Å². The summed E-state index contributed by atoms with van der Waals surface area (Å²) in [5.74, 6) is -0.957. The first-order valence-electron chi connectivity index (χ1n) is 5.61. The fourth-order valence-corrected chi connectivity index (χ4v) is 1.52. The highest BCUT2D eigenvalue weighted by molar-refractivity contribution is 6.42. The highest BCUT2D eigenvalue weighted by atomic mass is 35.5. The number of carbonyl (C=O) groups excluding carboxylic acids is 2. The van der Waals surface area contributed by atoms with E-state index in [0.717, 1.165) is 12.8 Å². The molecular formula is C13H16ClNO2. The lowest BCUT2D eigenvalue weighted by Crippen LogP contribution is -2.34. The van der Waals surface area contributed by atoms with Crippen molar-refractivity contribution in [1.29, 1.82) is 0 Å². The number of halogens is 1. The van der Waals surface area contributed by atoms with E-state index in [4.69, 9.17) is 11.6 Å². The molecule has 0 spiro atoms. The Hall–Kier alpha value is -1.35. The third kappa shape index (κ3) is 3.86. The number of benzene rings is 1. The molecule has 1 aromatic carbocycles. The van der Waals surface area contributed by atoms with E-state index < -0.39 is 11.7 Å². The summed E-state index contributed by atoms with van der Waals surface area (Å²) in [6.07, 6.45) is 1.89. The molecule has 1 aromatic rings. The van der Waals surface area contributed by atoms with Gasteiger partial charge >= 0.3 is 0 Å². The van der Waals surface area contributed by atoms with Gasteiger partial charge in [-0.3, -0.25) is 9.59 Å². The molecule has 0 bridgehead atoms. The third-order valence-electron chi connectivity index (χ3n) is 2.49. The minimum absolute atomic E-state index is 0.378. The number of ketones is 1. The zero-order valence-corrected chi connectivity index (χ0v) is 10.8. The van der Waals surface area contributed by atoms with Crippen molar-refractivity contribution >= 4 is 23.3 Å². The summed E-state index contributed by atoms with van der Waals surface area (Å²) < 4.78 is 0. The Morgan fingerprint density at radius 3 is 2.35 bits per heavy atom. The largest absolute Gasteiger partial charge is 0.339 e. The van der Waals surface area contributed by atoms with Crippen molar-refractivity contribution in [2.24, 2.45) is 0 Å². The summed E-state index contributed by atoms with van der Waals surface area (Å²) in [5, 5.41) is 0.549. The lowest BCUT2D eigenvalue weighted by molar-refractivity contribution is -0.125. The van der Waals surface area contributed by atoms with Gasteiger partial charge in [0.15, 0.2) is 0 Å². The Morgan fingerprint density at radius 2 is 1.82 bits per heavy atom. The van der Waals surface area contributed by atoms with E-state index in [1.54, 1.807) is 31.3 Å². The first-order chi connectivity index (χ1) is 8.06. The van der Waals surface area contributed by atoms with E-state index in [1.807, 2.05) is 6.92 Å². The predicted octanol–water partition coefficient (Wildman–Crippen LogP) is 2.78. The Morgan fingerprint density at radius 1 is 1.24 bits per heavy atom. The third-order valence-corrected chi connectivity index (χ3v) is 2.75. The van der Waals surface area contributed by atoms with Crippen LogP contribution >= 0.6 is 11.6 Å². The van der Waals surface area contributed by atoms with E-state index in [0.29, 0.717) is 17.1 Å². The van der Waals surface area contributed by atoms with Gasteiger partial charge in [0.1, 0.15) is 0 Å². The molecule has 0 atom stereocenters. The van der Waals surface area contributed by atoms with Crippen molar-refractivity contribution in [2.75, 3.05) is 13.6 Å². The molecule has 1 amide bonds. The van der Waals surface area contributed by atoms with Gasteiger partial charge in [-0.2, -0.15) is 0 Å². The summed E-state index contributed by atoms with van der Waals surface area (Å²) in [5.41, 5.74) is 0.378. The standard InChI is InChI=1S/C13H16ClNO2/c1-3-4-9-15(2)13(17)12(16)10-5-7-11(14)8-6-10/h5-8H,3-4,9H2,1-2H3. The van der Waals surface area contributed by atoms with Gasteiger partial charge in [0.05, 0.1) is 0 Å². The number of likely N-dealkylation sites (N-methyl/N-ethyl adjacent to an activating group) is 1. The molecule has 92 valence electrons. The molecule has 0 N–H and O–H groups in total. The lowest BCUT2D eigenvalue weighted by Gasteiger charge is -2.15. The second-order valence-electron chi connectivity index (χ2n) is 3.92. The number of rotatable bonds is 5. The number of amides is 1. The van der Waals surface area contributed by atoms with E-state index in [1.165, 1.54) is 4.90 Å². The van der Waals surface area contributed by atoms with Crippen molar-refractivity contribution in [3.63, 3.8) is 0 Å². The van der Waals surface area contributed by atoms with Gasteiger partial charge in [-0.05, 0) is 30.7 Å². The van der Waals surface area contributed by atoms with Gasteiger partial charge in [-0.25, -0.2) is 0 Å². The molecule has 0 aliphatic rings. The van der Waals surface area contributed by atoms with Crippen LogP contribution in [0.25, 0.3) is 0 Å². The molecule has 17 heavy (non-hydrogen) atoms. The molecular weight excluding hydrogens is 238 g/mol. The van der Waals surface area contributed by atoms with Gasteiger partial charge in [-0.1, -0.05) is 24.9 Å². The van der Waals surface area contributed by atoms with Crippen LogP contribution in [0.15, 0.2) is 24.3 Å². The average molecular weight is 254 g/mol. The summed E-state index contributed by atoms with van der Waals surface area (Å²) in [7, 11) is 1.64. The SMILES string of the molecule is CCCCN(C)C(=O)C(=O)c1ccc(Cl)cc1. The van der Waals surface area contributed by atoms with Crippen LogP contribution in [0.5, 0.6) is 0 Å². The number of hydrogen-bond donors (Lipinski definition) is 0. The Labute approximate surface area is 106 Å². The van der Waals surface area contributed by atoms with Crippen LogP contribution in [0.1, 0.15) is 30.1 Å². The van der Waals surface area contributed by atoms with Crippen LogP contribution in [-0.4, -0.2) is 30.2 Å². The van der Waals surface area contributed by atoms with Gasteiger partial charge in [0.2, 0.25) is 5.78 Å². The highest BCUT2D eigenvalue weighted by Crippen LogP contribution is 2.10. The highest BCUT2D eigenvalue weighted by Gasteiger charge is 2.19. The maximum absolute atomic E-state index is 11.8. The number of unbranched alkanes of at least 4 members (excludes halogenated alkanes) is 1. The smallest absolute Gasteiger partial charge is 0.294 e. The maximum Gasteiger partial charge on any atom is 0.294 e. The molecule has 4 heteroatoms. The fourth-order valence-electron chi connectivity index (χ4n) is 1.39. The normalized spacial score (nSPS) is 10.1. The summed E-state index contributed by atoms with van der Waals surface area (Å²) in [6.45, 7) is 2.65. The van der Waals surface area contributed by atoms with E-state index in [2.05, 4.69) is 0 Å². The topological polar surface area (TPSA) is 37.4 Å². The predicted molar refractivity (Wildman–Crippen MR) is 68.3 cm³/mol. The van der Waals surface area contributed by atoms with Crippen LogP contribution in [0.3, 0.4) is 0 Å². The number of nitrogens with zero attached hydrogens (tertiary/aromatic N) is 1. The molecule has 0 saturated carbocycles. The molecule has 0 radical (unpaired) electrons. The maximum atomic E-state index is 11.8. The molecule has 0 saturated heterocycles. The van der Waals surface area contributed by atoms with Crippen LogP contribution < -0.4 is 0 Å². The van der Waals surface area contributed by atoms with Gasteiger partial charge < -0.3 is 4.90 Å². The minimum Gasteiger partial charge on any atom is -0.339 e. The van der Waals surface area contributed by atoms with E-state index in [9.17, 15) is 9.59 Å². The molecule has 0 aliphatic heterocycles. The van der Waals surface area contributed by atoms with Crippen molar-refractivity contribution in [1.82, 2.24) is 4.90 Å². The lowest BCUT2D eigenvalue weighted by atomic mass is 10.1. The van der Waals surface area contributed by atoms with Crippen LogP contribution in [0.2, 0.25) is 5.02 Å². The molecule has 0 unspecified atom stereocenters. The first kappa shape index (κ1) is 13.7. The van der Waals surface area contributed by atoms with Gasteiger partial charge in [0.25, 0.3) is 5.91 Å². The second-order valence-corrected chi connectivity index (χ2v) is 4.35. The van der Waals surface area contributed by atoms with Gasteiger partial charge in [0, 0.05) is 24.2 Å². The van der Waals surface area contributed by atoms with Crippen molar-refractivity contribution < 1.29 is 9.59 Å². The molecule has 1 rings (SSSR count). The summed E-state index contributed by atoms with van der Waals surface area (Å²) in [6, 6.07) is 6.34. The Kier molecular flexibility index (Phi) is 5.16. The molecule has 0 aliphatic carbocycles. The van der Waals surface area contributed by atoms with Crippen molar-refractivity contribution in [3.05, 3.63) is 34.9 Å². The van der Waals surface area contributed by atoms with E-state index in [-0.39, 0.29) is 0 Å². The Bertz CT molecular complexity index is 400. The fraction of sp³-hybridized carbons (Fsp3) is 0.385. The minimum atomic E-state index is -0.486. The van der Waals surface area contributed by atoms with Crippen LogP contribution in [-0.2, 0) is 4.79 Å². The quantitative estimate of drug-likeness (QED) is 0.598. The van der Waals surface area contributed by atoms with E-state index >= 15 is 0 Å².